The van der Waals surface area contributed by atoms with Gasteiger partial charge in [-0.1, -0.05) is 73.4 Å². The molecule has 1 saturated carbocycles. The summed E-state index contributed by atoms with van der Waals surface area (Å²) in [5.74, 6) is 3.01. The molecule has 0 unspecified atom stereocenters. The first kappa shape index (κ1) is 19.3. The Kier molecular flexibility index (Phi) is 5.72. The topological polar surface area (TPSA) is 20.2 Å². The average Bonchev–Trinajstić information content (AvgIpc) is 2.46. The maximum atomic E-state index is 10.9. The van der Waals surface area contributed by atoms with Crippen molar-refractivity contribution in [2.75, 3.05) is 0 Å². The second-order valence-electron chi connectivity index (χ2n) is 9.76. The van der Waals surface area contributed by atoms with E-state index in [2.05, 4.69) is 60.6 Å². The summed E-state index contributed by atoms with van der Waals surface area (Å²) in [6.45, 7) is 15.5. The highest BCUT2D eigenvalue weighted by atomic mass is 16.3. The van der Waals surface area contributed by atoms with E-state index in [-0.39, 0.29) is 10.8 Å². The van der Waals surface area contributed by atoms with Gasteiger partial charge in [-0.15, -0.1) is 0 Å². The summed E-state index contributed by atoms with van der Waals surface area (Å²) in [5.41, 5.74) is 3.47. The molecule has 1 aromatic rings. The second kappa shape index (κ2) is 7.10. The Balaban J connectivity index is 2.37. The first-order valence-corrected chi connectivity index (χ1v) is 9.77. The average molecular weight is 330 g/mol. The zero-order valence-corrected chi connectivity index (χ0v) is 16.9. The lowest BCUT2D eigenvalue weighted by Crippen LogP contribution is -2.20. The molecule has 24 heavy (non-hydrogen) atoms. The van der Waals surface area contributed by atoms with Crippen LogP contribution in [0.15, 0.2) is 12.1 Å². The van der Waals surface area contributed by atoms with Gasteiger partial charge in [-0.2, -0.15) is 0 Å². The molecule has 0 aliphatic heterocycles. The maximum Gasteiger partial charge on any atom is 0.123 e. The molecular formula is C23H37O. The molecule has 1 aromatic carbocycles. The van der Waals surface area contributed by atoms with Gasteiger partial charge in [0.05, 0.1) is 0 Å². The molecule has 0 heterocycles. The highest BCUT2D eigenvalue weighted by Gasteiger charge is 2.29. The van der Waals surface area contributed by atoms with E-state index in [0.717, 1.165) is 17.0 Å². The van der Waals surface area contributed by atoms with Crippen molar-refractivity contribution in [3.8, 4) is 5.75 Å². The monoisotopic (exact) mass is 329 g/mol. The Labute approximate surface area is 149 Å². The van der Waals surface area contributed by atoms with Crippen molar-refractivity contribution in [1.29, 1.82) is 0 Å². The van der Waals surface area contributed by atoms with Crippen molar-refractivity contribution in [1.82, 2.24) is 0 Å². The Hall–Kier alpha value is -0.980. The molecule has 1 nitrogen and oxygen atoms in total. The van der Waals surface area contributed by atoms with Crippen LogP contribution in [0.1, 0.15) is 104 Å². The van der Waals surface area contributed by atoms with Crippen LogP contribution >= 0.6 is 0 Å². The SMILES string of the molecule is CCCC1CC[C](c2cc(C(C)(C)C)c(O)c(C(C)(C)C)c2)CC1. The predicted molar refractivity (Wildman–Crippen MR) is 105 cm³/mol. The van der Waals surface area contributed by atoms with Crippen LogP contribution in [0.3, 0.4) is 0 Å². The van der Waals surface area contributed by atoms with Gasteiger partial charge in [0, 0.05) is 5.92 Å². The van der Waals surface area contributed by atoms with E-state index >= 15 is 0 Å². The number of phenols is 1. The van der Waals surface area contributed by atoms with Crippen LogP contribution in [0, 0.1) is 11.8 Å². The number of rotatable bonds is 3. The van der Waals surface area contributed by atoms with Gasteiger partial charge in [0.15, 0.2) is 0 Å². The smallest absolute Gasteiger partial charge is 0.123 e. The van der Waals surface area contributed by atoms with Gasteiger partial charge in [-0.25, -0.2) is 0 Å². The minimum atomic E-state index is -0.0416. The van der Waals surface area contributed by atoms with E-state index in [9.17, 15) is 5.11 Å². The third-order valence-electron chi connectivity index (χ3n) is 5.54. The number of hydrogen-bond donors (Lipinski definition) is 1. The molecule has 0 atom stereocenters. The summed E-state index contributed by atoms with van der Waals surface area (Å²) >= 11 is 0. The van der Waals surface area contributed by atoms with Crippen LogP contribution in [0.2, 0.25) is 0 Å². The number of hydrogen-bond acceptors (Lipinski definition) is 1. The normalized spacial score (nSPS) is 18.1. The van der Waals surface area contributed by atoms with Crippen molar-refractivity contribution < 1.29 is 5.11 Å². The Morgan fingerprint density at radius 2 is 1.38 bits per heavy atom. The van der Waals surface area contributed by atoms with E-state index in [1.54, 1.807) is 5.92 Å². The fraction of sp³-hybridized carbons (Fsp3) is 0.696. The van der Waals surface area contributed by atoms with E-state index < -0.39 is 0 Å². The first-order chi connectivity index (χ1) is 11.0. The van der Waals surface area contributed by atoms with Crippen molar-refractivity contribution in [2.24, 2.45) is 5.92 Å². The molecule has 0 aromatic heterocycles. The molecule has 1 aliphatic carbocycles. The minimum absolute atomic E-state index is 0.0416. The maximum absolute atomic E-state index is 10.9. The van der Waals surface area contributed by atoms with Crippen LogP contribution < -0.4 is 0 Å². The second-order valence-corrected chi connectivity index (χ2v) is 9.76. The van der Waals surface area contributed by atoms with Gasteiger partial charge in [0.2, 0.25) is 0 Å². The predicted octanol–water partition coefficient (Wildman–Crippen LogP) is 6.90. The Morgan fingerprint density at radius 3 is 1.75 bits per heavy atom. The summed E-state index contributed by atoms with van der Waals surface area (Å²) in [7, 11) is 0. The highest BCUT2D eigenvalue weighted by molar-refractivity contribution is 5.52. The molecule has 1 radical (unpaired) electrons. The zero-order chi connectivity index (χ0) is 18.1. The van der Waals surface area contributed by atoms with E-state index in [0.29, 0.717) is 5.75 Å². The van der Waals surface area contributed by atoms with Crippen LogP contribution in [0.4, 0.5) is 0 Å². The molecular weight excluding hydrogens is 292 g/mol. The quantitative estimate of drug-likeness (QED) is 0.639. The van der Waals surface area contributed by atoms with Crippen LogP contribution in [0.5, 0.6) is 5.75 Å². The lowest BCUT2D eigenvalue weighted by Gasteiger charge is -2.32. The lowest BCUT2D eigenvalue weighted by atomic mass is 9.73. The highest BCUT2D eigenvalue weighted by Crippen LogP contribution is 2.44. The first-order valence-electron chi connectivity index (χ1n) is 9.77. The molecule has 0 spiro atoms. The van der Waals surface area contributed by atoms with Crippen LogP contribution in [0.25, 0.3) is 0 Å². The van der Waals surface area contributed by atoms with Gasteiger partial charge in [0.1, 0.15) is 5.75 Å². The summed E-state index contributed by atoms with van der Waals surface area (Å²) in [4.78, 5) is 0. The number of aromatic hydroxyl groups is 1. The third-order valence-corrected chi connectivity index (χ3v) is 5.54. The van der Waals surface area contributed by atoms with Crippen molar-refractivity contribution in [2.45, 2.75) is 97.8 Å². The molecule has 1 fully saturated rings. The van der Waals surface area contributed by atoms with E-state index in [4.69, 9.17) is 0 Å². The summed E-state index contributed by atoms with van der Waals surface area (Å²) < 4.78 is 0. The van der Waals surface area contributed by atoms with Crippen molar-refractivity contribution >= 4 is 0 Å². The van der Waals surface area contributed by atoms with Crippen LogP contribution in [-0.4, -0.2) is 5.11 Å². The van der Waals surface area contributed by atoms with Gasteiger partial charge in [-0.3, -0.25) is 0 Å². The zero-order valence-electron chi connectivity index (χ0n) is 16.9. The summed E-state index contributed by atoms with van der Waals surface area (Å²) in [6, 6.07) is 4.53. The summed E-state index contributed by atoms with van der Waals surface area (Å²) in [6.07, 6.45) is 7.80. The largest absolute Gasteiger partial charge is 0.507 e. The van der Waals surface area contributed by atoms with Crippen LogP contribution in [-0.2, 0) is 10.8 Å². The summed E-state index contributed by atoms with van der Waals surface area (Å²) in [5, 5.41) is 10.9. The molecule has 2 rings (SSSR count). The third kappa shape index (κ3) is 4.35. The lowest BCUT2D eigenvalue weighted by molar-refractivity contribution is 0.360. The molecule has 0 amide bonds. The molecule has 1 heteroatoms. The van der Waals surface area contributed by atoms with Gasteiger partial charge in [-0.05, 0) is 59.1 Å². The molecule has 0 saturated heterocycles. The van der Waals surface area contributed by atoms with Gasteiger partial charge < -0.3 is 5.11 Å². The van der Waals surface area contributed by atoms with E-state index in [1.807, 2.05) is 0 Å². The molecule has 135 valence electrons. The number of phenolic OH excluding ortho intramolecular Hbond substituents is 1. The molecule has 0 bridgehead atoms. The standard InChI is InChI=1S/C23H37O/c1-8-9-16-10-12-17(13-11-16)18-14-19(22(2,3)4)21(24)20(15-18)23(5,6)7/h14-16,24H,8-13H2,1-7H3. The minimum Gasteiger partial charge on any atom is -0.507 e. The molecule has 1 N–H and O–H groups in total. The molecule has 1 aliphatic rings. The Morgan fingerprint density at radius 1 is 0.917 bits per heavy atom. The number of benzene rings is 1. The Bertz CT molecular complexity index is 513. The van der Waals surface area contributed by atoms with Crippen molar-refractivity contribution in [3.63, 3.8) is 0 Å². The van der Waals surface area contributed by atoms with E-state index in [1.165, 1.54) is 44.1 Å². The fourth-order valence-electron chi connectivity index (χ4n) is 3.99. The van der Waals surface area contributed by atoms with Gasteiger partial charge in [0.25, 0.3) is 0 Å². The van der Waals surface area contributed by atoms with Crippen molar-refractivity contribution in [3.05, 3.63) is 34.7 Å². The van der Waals surface area contributed by atoms with Gasteiger partial charge >= 0.3 is 0 Å². The fourth-order valence-corrected chi connectivity index (χ4v) is 3.99.